The van der Waals surface area contributed by atoms with Crippen LogP contribution in [0, 0.1) is 0 Å². The zero-order valence-corrected chi connectivity index (χ0v) is 10.1. The number of nitrogens with two attached hydrogens (primary N) is 1. The van der Waals surface area contributed by atoms with Crippen LogP contribution < -0.4 is 10.6 Å². The van der Waals surface area contributed by atoms with Crippen molar-refractivity contribution in [3.05, 3.63) is 24.0 Å². The second kappa shape index (κ2) is 5.14. The molecule has 17 heavy (non-hydrogen) atoms. The molecular weight excluding hydrogens is 216 g/mol. The van der Waals surface area contributed by atoms with Crippen LogP contribution in [-0.2, 0) is 11.3 Å². The summed E-state index contributed by atoms with van der Waals surface area (Å²) in [7, 11) is 1.85. The molecule has 1 aliphatic heterocycles. The van der Waals surface area contributed by atoms with E-state index in [-0.39, 0.29) is 5.91 Å². The molecule has 1 fully saturated rings. The highest BCUT2D eigenvalue weighted by Gasteiger charge is 2.20. The Morgan fingerprint density at radius 1 is 1.47 bits per heavy atom. The summed E-state index contributed by atoms with van der Waals surface area (Å²) in [4.78, 5) is 19.9. The van der Waals surface area contributed by atoms with Crippen molar-refractivity contribution in [2.45, 2.75) is 13.0 Å². The first kappa shape index (κ1) is 11.9. The van der Waals surface area contributed by atoms with Gasteiger partial charge in [0.2, 0.25) is 5.91 Å². The number of aromatic nitrogens is 1. The Balaban J connectivity index is 2.23. The van der Waals surface area contributed by atoms with E-state index in [2.05, 4.69) is 9.88 Å². The Bertz CT molecular complexity index is 407. The van der Waals surface area contributed by atoms with Gasteiger partial charge in [0.15, 0.2) is 0 Å². The van der Waals surface area contributed by atoms with Crippen molar-refractivity contribution in [2.75, 3.05) is 31.6 Å². The van der Waals surface area contributed by atoms with E-state index in [0.29, 0.717) is 13.1 Å². The maximum absolute atomic E-state index is 11.8. The Hall–Kier alpha value is -1.62. The fourth-order valence-electron chi connectivity index (χ4n) is 2.07. The third-order valence-corrected chi connectivity index (χ3v) is 3.07. The largest absolute Gasteiger partial charge is 0.361 e. The smallest absolute Gasteiger partial charge is 0.241 e. The molecule has 0 unspecified atom stereocenters. The second-order valence-electron chi connectivity index (χ2n) is 4.26. The molecule has 2 heterocycles. The molecule has 92 valence electrons. The number of carbonyl (C=O) groups is 1. The van der Waals surface area contributed by atoms with Crippen molar-refractivity contribution < 1.29 is 4.79 Å². The van der Waals surface area contributed by atoms with Crippen molar-refractivity contribution in [3.8, 4) is 0 Å². The van der Waals surface area contributed by atoms with Gasteiger partial charge in [-0.2, -0.15) is 0 Å². The number of hydrogen-bond acceptors (Lipinski definition) is 4. The van der Waals surface area contributed by atoms with Crippen LogP contribution in [0.5, 0.6) is 0 Å². The van der Waals surface area contributed by atoms with Crippen LogP contribution >= 0.6 is 0 Å². The molecule has 0 atom stereocenters. The highest BCUT2D eigenvalue weighted by Crippen LogP contribution is 2.19. The molecule has 0 spiro atoms. The molecule has 0 saturated carbocycles. The highest BCUT2D eigenvalue weighted by molar-refractivity contribution is 5.81. The van der Waals surface area contributed by atoms with E-state index in [1.807, 2.05) is 19.2 Å². The maximum Gasteiger partial charge on any atom is 0.241 e. The lowest BCUT2D eigenvalue weighted by Gasteiger charge is -2.23. The maximum atomic E-state index is 11.8. The number of likely N-dealkylation sites (N-methyl/N-ethyl adjacent to an activating group) is 1. The number of anilines is 1. The van der Waals surface area contributed by atoms with Crippen LogP contribution in [0.2, 0.25) is 0 Å². The van der Waals surface area contributed by atoms with E-state index in [0.717, 1.165) is 30.9 Å². The number of amides is 1. The molecule has 1 saturated heterocycles. The normalized spacial score (nSPS) is 17.2. The summed E-state index contributed by atoms with van der Waals surface area (Å²) in [6.07, 6.45) is 2.71. The lowest BCUT2D eigenvalue weighted by atomic mass is 10.2. The minimum Gasteiger partial charge on any atom is -0.361 e. The van der Waals surface area contributed by atoms with E-state index < -0.39 is 0 Å². The summed E-state index contributed by atoms with van der Waals surface area (Å²) in [5.41, 5.74) is 7.51. The number of hydrogen-bond donors (Lipinski definition) is 1. The molecule has 1 aliphatic rings. The zero-order chi connectivity index (χ0) is 12.3. The topological polar surface area (TPSA) is 62.5 Å². The van der Waals surface area contributed by atoms with Gasteiger partial charge < -0.3 is 15.5 Å². The summed E-state index contributed by atoms with van der Waals surface area (Å²) in [6, 6.07) is 3.86. The third kappa shape index (κ3) is 2.55. The predicted molar refractivity (Wildman–Crippen MR) is 66.6 cm³/mol. The average molecular weight is 234 g/mol. The Kier molecular flexibility index (Phi) is 3.58. The number of rotatable bonds is 2. The van der Waals surface area contributed by atoms with Crippen molar-refractivity contribution in [1.29, 1.82) is 0 Å². The monoisotopic (exact) mass is 234 g/mol. The van der Waals surface area contributed by atoms with Gasteiger partial charge in [-0.3, -0.25) is 9.78 Å². The molecule has 0 bridgehead atoms. The summed E-state index contributed by atoms with van der Waals surface area (Å²) in [5, 5.41) is 0. The molecule has 1 aromatic rings. The number of pyridine rings is 1. The molecule has 5 nitrogen and oxygen atoms in total. The van der Waals surface area contributed by atoms with Crippen LogP contribution in [0.4, 0.5) is 5.69 Å². The second-order valence-corrected chi connectivity index (χ2v) is 4.26. The molecule has 2 N–H and O–H groups in total. The van der Waals surface area contributed by atoms with Crippen LogP contribution in [0.3, 0.4) is 0 Å². The molecule has 0 radical (unpaired) electrons. The summed E-state index contributed by atoms with van der Waals surface area (Å²) in [6.45, 7) is 2.49. The lowest BCUT2D eigenvalue weighted by Crippen LogP contribution is -2.35. The van der Waals surface area contributed by atoms with E-state index in [1.54, 1.807) is 11.1 Å². The van der Waals surface area contributed by atoms with E-state index >= 15 is 0 Å². The van der Waals surface area contributed by atoms with Gasteiger partial charge in [0, 0.05) is 32.9 Å². The zero-order valence-electron chi connectivity index (χ0n) is 10.1. The average Bonchev–Trinajstić information content (AvgIpc) is 2.52. The highest BCUT2D eigenvalue weighted by atomic mass is 16.2. The van der Waals surface area contributed by atoms with Crippen molar-refractivity contribution in [2.24, 2.45) is 5.73 Å². The SMILES string of the molecule is CN1CCCN(c2cccnc2CN)CC1=O. The molecule has 0 aliphatic carbocycles. The third-order valence-electron chi connectivity index (χ3n) is 3.07. The summed E-state index contributed by atoms with van der Waals surface area (Å²) < 4.78 is 0. The van der Waals surface area contributed by atoms with Crippen LogP contribution in [0.15, 0.2) is 18.3 Å². The number of carbonyl (C=O) groups excluding carboxylic acids is 1. The molecule has 1 aromatic heterocycles. The van der Waals surface area contributed by atoms with E-state index in [9.17, 15) is 4.79 Å². The number of nitrogens with zero attached hydrogens (tertiary/aromatic N) is 3. The fraction of sp³-hybridized carbons (Fsp3) is 0.500. The standard InChI is InChI=1S/C12H18N4O/c1-15-6-3-7-16(9-12(15)17)11-4-2-5-14-10(11)8-13/h2,4-5H,3,6-9,13H2,1H3. The van der Waals surface area contributed by atoms with E-state index in [1.165, 1.54) is 0 Å². The van der Waals surface area contributed by atoms with Gasteiger partial charge >= 0.3 is 0 Å². The Morgan fingerprint density at radius 3 is 3.06 bits per heavy atom. The molecule has 5 heteroatoms. The fourth-order valence-corrected chi connectivity index (χ4v) is 2.07. The van der Waals surface area contributed by atoms with Gasteiger partial charge in [-0.05, 0) is 18.6 Å². The first-order valence-corrected chi connectivity index (χ1v) is 5.85. The minimum absolute atomic E-state index is 0.148. The van der Waals surface area contributed by atoms with Gasteiger partial charge in [0.1, 0.15) is 0 Å². The predicted octanol–water partition coefficient (Wildman–Crippen LogP) is 0.209. The Morgan fingerprint density at radius 2 is 2.29 bits per heavy atom. The molecule has 0 aromatic carbocycles. The van der Waals surface area contributed by atoms with Crippen LogP contribution in [-0.4, -0.2) is 42.5 Å². The van der Waals surface area contributed by atoms with Crippen LogP contribution in [0.25, 0.3) is 0 Å². The van der Waals surface area contributed by atoms with E-state index in [4.69, 9.17) is 5.73 Å². The van der Waals surface area contributed by atoms with Gasteiger partial charge in [0.25, 0.3) is 0 Å². The summed E-state index contributed by atoms with van der Waals surface area (Å²) in [5.74, 6) is 0.148. The minimum atomic E-state index is 0.148. The lowest BCUT2D eigenvalue weighted by molar-refractivity contribution is -0.127. The first-order valence-electron chi connectivity index (χ1n) is 5.85. The van der Waals surface area contributed by atoms with Gasteiger partial charge in [-0.15, -0.1) is 0 Å². The Labute approximate surface area is 101 Å². The van der Waals surface area contributed by atoms with Crippen molar-refractivity contribution in [1.82, 2.24) is 9.88 Å². The van der Waals surface area contributed by atoms with Crippen molar-refractivity contribution in [3.63, 3.8) is 0 Å². The van der Waals surface area contributed by atoms with Gasteiger partial charge in [0.05, 0.1) is 17.9 Å². The quantitative estimate of drug-likeness (QED) is 0.794. The van der Waals surface area contributed by atoms with Crippen molar-refractivity contribution >= 4 is 11.6 Å². The summed E-state index contributed by atoms with van der Waals surface area (Å²) >= 11 is 0. The molecular formula is C12H18N4O. The molecule has 1 amide bonds. The van der Waals surface area contributed by atoms with Gasteiger partial charge in [-0.1, -0.05) is 0 Å². The van der Waals surface area contributed by atoms with Crippen LogP contribution in [0.1, 0.15) is 12.1 Å². The molecule has 2 rings (SSSR count). The first-order chi connectivity index (χ1) is 8.22. The van der Waals surface area contributed by atoms with Gasteiger partial charge in [-0.25, -0.2) is 0 Å².